The summed E-state index contributed by atoms with van der Waals surface area (Å²) in [5, 5.41) is 11.2. The van der Waals surface area contributed by atoms with E-state index in [0.29, 0.717) is 17.8 Å². The normalized spacial score (nSPS) is 16.5. The van der Waals surface area contributed by atoms with Crippen molar-refractivity contribution in [1.82, 2.24) is 19.7 Å². The first kappa shape index (κ1) is 17.2. The average molecular weight is 365 g/mol. The number of para-hydroxylation sites is 1. The maximum Gasteiger partial charge on any atom is 0.322 e. The van der Waals surface area contributed by atoms with Crippen LogP contribution in [0.15, 0.2) is 54.9 Å². The molecule has 0 radical (unpaired) electrons. The topological polar surface area (TPSA) is 63.1 Å². The lowest BCUT2D eigenvalue weighted by atomic mass is 10.2. The Bertz CT molecular complexity index is 956. The predicted octanol–water partition coefficient (Wildman–Crippen LogP) is 4.08. The van der Waals surface area contributed by atoms with Crippen LogP contribution in [0.4, 0.5) is 14.9 Å². The standard InChI is InChI=1S/C20H20FN5O/c1-14-16(21)9-5-10-17(14)23-20(27)25-12-6-11-18(25)19-24-22-13-26(19)15-7-3-2-4-8-15/h2-5,7-10,13,18H,6,11-12H2,1H3,(H,23,27). The molecule has 1 aliphatic rings. The summed E-state index contributed by atoms with van der Waals surface area (Å²) in [4.78, 5) is 14.6. The molecular formula is C20H20FN5O. The second-order valence-electron chi connectivity index (χ2n) is 6.59. The number of anilines is 1. The number of carbonyl (C=O) groups is 1. The Morgan fingerprint density at radius 1 is 1.19 bits per heavy atom. The SMILES string of the molecule is Cc1c(F)cccc1NC(=O)N1CCCC1c1nncn1-c1ccccc1. The van der Waals surface area contributed by atoms with Gasteiger partial charge in [-0.15, -0.1) is 10.2 Å². The molecule has 3 aromatic rings. The highest BCUT2D eigenvalue weighted by molar-refractivity contribution is 5.90. The molecule has 27 heavy (non-hydrogen) atoms. The summed E-state index contributed by atoms with van der Waals surface area (Å²) in [6, 6.07) is 14.0. The van der Waals surface area contributed by atoms with Crippen molar-refractivity contribution in [2.75, 3.05) is 11.9 Å². The van der Waals surface area contributed by atoms with Crippen molar-refractivity contribution >= 4 is 11.7 Å². The molecule has 1 N–H and O–H groups in total. The molecular weight excluding hydrogens is 345 g/mol. The molecule has 0 spiro atoms. The van der Waals surface area contributed by atoms with Crippen molar-refractivity contribution in [3.63, 3.8) is 0 Å². The molecule has 1 aliphatic heterocycles. The van der Waals surface area contributed by atoms with Crippen LogP contribution in [0.25, 0.3) is 5.69 Å². The predicted molar refractivity (Wildman–Crippen MR) is 100 cm³/mol. The zero-order valence-electron chi connectivity index (χ0n) is 15.0. The number of hydrogen-bond acceptors (Lipinski definition) is 3. The molecule has 0 aliphatic carbocycles. The lowest BCUT2D eigenvalue weighted by molar-refractivity contribution is 0.204. The number of rotatable bonds is 3. The second kappa shape index (κ2) is 7.19. The Kier molecular flexibility index (Phi) is 4.58. The summed E-state index contributed by atoms with van der Waals surface area (Å²) >= 11 is 0. The van der Waals surface area contributed by atoms with Gasteiger partial charge in [0.2, 0.25) is 0 Å². The maximum atomic E-state index is 13.8. The van der Waals surface area contributed by atoms with Crippen LogP contribution < -0.4 is 5.32 Å². The van der Waals surface area contributed by atoms with Crippen molar-refractivity contribution in [2.45, 2.75) is 25.8 Å². The van der Waals surface area contributed by atoms with Gasteiger partial charge in [-0.25, -0.2) is 9.18 Å². The molecule has 2 heterocycles. The van der Waals surface area contributed by atoms with Crippen molar-refractivity contribution in [3.05, 3.63) is 72.1 Å². The van der Waals surface area contributed by atoms with E-state index in [1.54, 1.807) is 30.3 Å². The highest BCUT2D eigenvalue weighted by atomic mass is 19.1. The van der Waals surface area contributed by atoms with Gasteiger partial charge < -0.3 is 10.2 Å². The third kappa shape index (κ3) is 3.28. The van der Waals surface area contributed by atoms with Crippen LogP contribution in [-0.2, 0) is 0 Å². The van der Waals surface area contributed by atoms with E-state index in [1.165, 1.54) is 6.07 Å². The van der Waals surface area contributed by atoms with Gasteiger partial charge >= 0.3 is 6.03 Å². The highest BCUT2D eigenvalue weighted by Gasteiger charge is 2.33. The first-order chi connectivity index (χ1) is 13.1. The summed E-state index contributed by atoms with van der Waals surface area (Å²) in [5.41, 5.74) is 1.86. The van der Waals surface area contributed by atoms with Gasteiger partial charge in [0.25, 0.3) is 0 Å². The van der Waals surface area contributed by atoms with Crippen LogP contribution in [0, 0.1) is 12.7 Å². The number of benzene rings is 2. The number of nitrogens with one attached hydrogen (secondary N) is 1. The number of amides is 2. The van der Waals surface area contributed by atoms with Crippen LogP contribution >= 0.6 is 0 Å². The van der Waals surface area contributed by atoms with Crippen molar-refractivity contribution in [3.8, 4) is 5.69 Å². The van der Waals surface area contributed by atoms with E-state index in [4.69, 9.17) is 0 Å². The molecule has 7 heteroatoms. The average Bonchev–Trinajstić information content (AvgIpc) is 3.35. The Hall–Kier alpha value is -3.22. The lowest BCUT2D eigenvalue weighted by Gasteiger charge is -2.25. The van der Waals surface area contributed by atoms with Crippen LogP contribution in [0.1, 0.15) is 30.3 Å². The summed E-state index contributed by atoms with van der Waals surface area (Å²) in [5.74, 6) is 0.388. The third-order valence-corrected chi connectivity index (χ3v) is 4.93. The van der Waals surface area contributed by atoms with E-state index >= 15 is 0 Å². The van der Waals surface area contributed by atoms with Gasteiger partial charge in [-0.3, -0.25) is 4.57 Å². The molecule has 2 amide bonds. The van der Waals surface area contributed by atoms with Gasteiger partial charge in [-0.1, -0.05) is 24.3 Å². The zero-order valence-corrected chi connectivity index (χ0v) is 15.0. The molecule has 4 rings (SSSR count). The molecule has 1 fully saturated rings. The van der Waals surface area contributed by atoms with E-state index in [1.807, 2.05) is 34.9 Å². The van der Waals surface area contributed by atoms with Crippen molar-refractivity contribution in [1.29, 1.82) is 0 Å². The molecule has 138 valence electrons. The summed E-state index contributed by atoms with van der Waals surface area (Å²) < 4.78 is 15.7. The van der Waals surface area contributed by atoms with Crippen LogP contribution in [-0.4, -0.2) is 32.2 Å². The molecule has 2 aromatic carbocycles. The van der Waals surface area contributed by atoms with Crippen LogP contribution in [0.3, 0.4) is 0 Å². The fourth-order valence-electron chi connectivity index (χ4n) is 3.47. The number of nitrogens with zero attached hydrogens (tertiary/aromatic N) is 4. The Morgan fingerprint density at radius 2 is 2.00 bits per heavy atom. The first-order valence-electron chi connectivity index (χ1n) is 8.93. The monoisotopic (exact) mass is 365 g/mol. The zero-order chi connectivity index (χ0) is 18.8. The minimum Gasteiger partial charge on any atom is -0.314 e. The summed E-state index contributed by atoms with van der Waals surface area (Å²) in [6.07, 6.45) is 3.35. The third-order valence-electron chi connectivity index (χ3n) is 4.93. The maximum absolute atomic E-state index is 13.8. The molecule has 1 unspecified atom stereocenters. The fraction of sp³-hybridized carbons (Fsp3) is 0.250. The number of likely N-dealkylation sites (tertiary alicyclic amines) is 1. The molecule has 0 saturated carbocycles. The summed E-state index contributed by atoms with van der Waals surface area (Å²) in [7, 11) is 0. The van der Waals surface area contributed by atoms with Gasteiger partial charge in [0.15, 0.2) is 5.82 Å². The number of halogens is 1. The smallest absolute Gasteiger partial charge is 0.314 e. The number of carbonyl (C=O) groups excluding carboxylic acids is 1. The molecule has 0 bridgehead atoms. The molecule has 1 atom stereocenters. The van der Waals surface area contributed by atoms with E-state index in [0.717, 1.165) is 24.4 Å². The van der Waals surface area contributed by atoms with Crippen LogP contribution in [0.2, 0.25) is 0 Å². The van der Waals surface area contributed by atoms with E-state index in [2.05, 4.69) is 15.5 Å². The van der Waals surface area contributed by atoms with E-state index in [-0.39, 0.29) is 17.9 Å². The second-order valence-corrected chi connectivity index (χ2v) is 6.59. The number of aromatic nitrogens is 3. The first-order valence-corrected chi connectivity index (χ1v) is 8.93. The Balaban J connectivity index is 1.59. The fourth-order valence-corrected chi connectivity index (χ4v) is 3.47. The van der Waals surface area contributed by atoms with Crippen LogP contribution in [0.5, 0.6) is 0 Å². The molecule has 1 saturated heterocycles. The highest BCUT2D eigenvalue weighted by Crippen LogP contribution is 2.32. The number of hydrogen-bond donors (Lipinski definition) is 1. The minimum absolute atomic E-state index is 0.179. The van der Waals surface area contributed by atoms with Gasteiger partial charge in [0.1, 0.15) is 12.1 Å². The largest absolute Gasteiger partial charge is 0.322 e. The summed E-state index contributed by atoms with van der Waals surface area (Å²) in [6.45, 7) is 2.27. The van der Waals surface area contributed by atoms with Gasteiger partial charge in [0.05, 0.1) is 6.04 Å². The van der Waals surface area contributed by atoms with Gasteiger partial charge in [-0.05, 0) is 44.0 Å². The van der Waals surface area contributed by atoms with E-state index < -0.39 is 0 Å². The van der Waals surface area contributed by atoms with Gasteiger partial charge in [-0.2, -0.15) is 0 Å². The Morgan fingerprint density at radius 3 is 2.81 bits per heavy atom. The van der Waals surface area contributed by atoms with E-state index in [9.17, 15) is 9.18 Å². The van der Waals surface area contributed by atoms with Crippen molar-refractivity contribution < 1.29 is 9.18 Å². The van der Waals surface area contributed by atoms with Crippen molar-refractivity contribution in [2.24, 2.45) is 0 Å². The van der Waals surface area contributed by atoms with Gasteiger partial charge in [0, 0.05) is 23.5 Å². The Labute approximate surface area is 156 Å². The quantitative estimate of drug-likeness (QED) is 0.761. The lowest BCUT2D eigenvalue weighted by Crippen LogP contribution is -2.35. The number of urea groups is 1. The molecule has 6 nitrogen and oxygen atoms in total. The minimum atomic E-state index is -0.338. The molecule has 1 aromatic heterocycles.